The fourth-order valence-corrected chi connectivity index (χ4v) is 2.03. The number of halogens is 2. The quantitative estimate of drug-likeness (QED) is 0.897. The third kappa shape index (κ3) is 1.80. The molecule has 0 radical (unpaired) electrons. The Balaban J connectivity index is 2.63. The van der Waals surface area contributed by atoms with Crippen LogP contribution in [0.15, 0.2) is 18.2 Å². The smallest absolute Gasteiger partial charge is 0.166 e. The first kappa shape index (κ1) is 11.4. The first-order chi connectivity index (χ1) is 7.65. The van der Waals surface area contributed by atoms with E-state index >= 15 is 0 Å². The molecule has 0 aliphatic heterocycles. The summed E-state index contributed by atoms with van der Waals surface area (Å²) in [5, 5.41) is 9.10. The van der Waals surface area contributed by atoms with Crippen molar-refractivity contribution in [1.82, 2.24) is 14.8 Å². The minimum absolute atomic E-state index is 0.325. The van der Waals surface area contributed by atoms with E-state index in [0.717, 1.165) is 0 Å². The Hall–Kier alpha value is -1.10. The van der Waals surface area contributed by atoms with Crippen LogP contribution in [0.3, 0.4) is 0 Å². The van der Waals surface area contributed by atoms with Gasteiger partial charge in [0.15, 0.2) is 5.82 Å². The molecule has 1 heterocycles. The predicted octanol–water partition coefficient (Wildman–Crippen LogP) is 2.25. The number of aromatic nitrogens is 3. The summed E-state index contributed by atoms with van der Waals surface area (Å²) in [4.78, 5) is 0. The Morgan fingerprint density at radius 3 is 2.38 bits per heavy atom. The lowest BCUT2D eigenvalue weighted by molar-refractivity contribution is 0.797. The molecular formula is C10H10Cl2N4. The molecule has 0 bridgehead atoms. The van der Waals surface area contributed by atoms with Crippen molar-refractivity contribution in [3.8, 4) is 11.4 Å². The van der Waals surface area contributed by atoms with E-state index in [2.05, 4.69) is 10.2 Å². The summed E-state index contributed by atoms with van der Waals surface area (Å²) in [6, 6.07) is 5.31. The molecule has 0 aliphatic rings. The predicted molar refractivity (Wildman–Crippen MR) is 64.4 cm³/mol. The van der Waals surface area contributed by atoms with Crippen molar-refractivity contribution in [3.05, 3.63) is 34.1 Å². The highest BCUT2D eigenvalue weighted by atomic mass is 35.5. The summed E-state index contributed by atoms with van der Waals surface area (Å²) in [6.45, 7) is 0.325. The van der Waals surface area contributed by atoms with Crippen molar-refractivity contribution in [3.63, 3.8) is 0 Å². The number of hydrogen-bond acceptors (Lipinski definition) is 3. The largest absolute Gasteiger partial charge is 0.324 e. The zero-order valence-corrected chi connectivity index (χ0v) is 10.1. The van der Waals surface area contributed by atoms with Gasteiger partial charge in [0.1, 0.15) is 5.82 Å². The third-order valence-electron chi connectivity index (χ3n) is 2.33. The van der Waals surface area contributed by atoms with E-state index in [-0.39, 0.29) is 0 Å². The Kier molecular flexibility index (Phi) is 3.14. The van der Waals surface area contributed by atoms with Crippen molar-refractivity contribution in [2.45, 2.75) is 6.54 Å². The van der Waals surface area contributed by atoms with Crippen molar-refractivity contribution in [2.24, 2.45) is 12.8 Å². The van der Waals surface area contributed by atoms with E-state index in [4.69, 9.17) is 28.9 Å². The SMILES string of the molecule is Cn1c(CN)nnc1-c1c(Cl)cccc1Cl. The minimum Gasteiger partial charge on any atom is -0.324 e. The zero-order valence-electron chi connectivity index (χ0n) is 8.61. The van der Waals surface area contributed by atoms with Gasteiger partial charge in [-0.3, -0.25) is 0 Å². The van der Waals surface area contributed by atoms with Gasteiger partial charge in [-0.1, -0.05) is 29.3 Å². The number of benzene rings is 1. The molecule has 1 aromatic carbocycles. The molecule has 84 valence electrons. The molecule has 2 N–H and O–H groups in total. The second kappa shape index (κ2) is 4.41. The maximum absolute atomic E-state index is 6.09. The van der Waals surface area contributed by atoms with Gasteiger partial charge in [-0.25, -0.2) is 0 Å². The summed E-state index contributed by atoms with van der Waals surface area (Å²) in [5.74, 6) is 1.31. The van der Waals surface area contributed by atoms with Crippen LogP contribution in [0.4, 0.5) is 0 Å². The highest BCUT2D eigenvalue weighted by Gasteiger charge is 2.15. The molecule has 2 aromatic rings. The maximum atomic E-state index is 6.09. The number of nitrogens with zero attached hydrogens (tertiary/aromatic N) is 3. The summed E-state index contributed by atoms with van der Waals surface area (Å²) < 4.78 is 1.78. The van der Waals surface area contributed by atoms with Gasteiger partial charge in [-0.05, 0) is 12.1 Å². The van der Waals surface area contributed by atoms with Crippen molar-refractivity contribution < 1.29 is 0 Å². The second-order valence-electron chi connectivity index (χ2n) is 3.30. The molecule has 0 spiro atoms. The van der Waals surface area contributed by atoms with Crippen LogP contribution in [0.2, 0.25) is 10.0 Å². The molecule has 0 aliphatic carbocycles. The molecule has 6 heteroatoms. The van der Waals surface area contributed by atoms with Gasteiger partial charge in [0.05, 0.1) is 22.2 Å². The topological polar surface area (TPSA) is 56.7 Å². The zero-order chi connectivity index (χ0) is 11.7. The molecule has 0 atom stereocenters. The van der Waals surface area contributed by atoms with Gasteiger partial charge < -0.3 is 10.3 Å². The van der Waals surface area contributed by atoms with Gasteiger partial charge in [0, 0.05) is 7.05 Å². The number of hydrogen-bond donors (Lipinski definition) is 1. The summed E-state index contributed by atoms with van der Waals surface area (Å²) in [5.41, 5.74) is 6.21. The Bertz CT molecular complexity index is 501. The Morgan fingerprint density at radius 2 is 1.88 bits per heavy atom. The van der Waals surface area contributed by atoms with Crippen LogP contribution in [0.1, 0.15) is 5.82 Å². The average molecular weight is 257 g/mol. The first-order valence-electron chi connectivity index (χ1n) is 4.68. The lowest BCUT2D eigenvalue weighted by atomic mass is 10.2. The van der Waals surface area contributed by atoms with Crippen LogP contribution in [-0.4, -0.2) is 14.8 Å². The van der Waals surface area contributed by atoms with E-state index in [9.17, 15) is 0 Å². The van der Waals surface area contributed by atoms with Crippen LogP contribution in [0.25, 0.3) is 11.4 Å². The summed E-state index contributed by atoms with van der Waals surface area (Å²) in [6.07, 6.45) is 0. The fourth-order valence-electron chi connectivity index (χ4n) is 1.47. The molecule has 0 saturated carbocycles. The van der Waals surface area contributed by atoms with Crippen molar-refractivity contribution >= 4 is 23.2 Å². The molecule has 1 aromatic heterocycles. The Morgan fingerprint density at radius 1 is 1.25 bits per heavy atom. The summed E-state index contributed by atoms with van der Waals surface area (Å²) >= 11 is 12.2. The average Bonchev–Trinajstić information content (AvgIpc) is 2.60. The maximum Gasteiger partial charge on any atom is 0.166 e. The molecule has 4 nitrogen and oxygen atoms in total. The van der Waals surface area contributed by atoms with Crippen molar-refractivity contribution in [1.29, 1.82) is 0 Å². The second-order valence-corrected chi connectivity index (χ2v) is 4.11. The van der Waals surface area contributed by atoms with Crippen LogP contribution < -0.4 is 5.73 Å². The standard InChI is InChI=1S/C10H10Cl2N4/c1-16-8(5-13)14-15-10(16)9-6(11)3-2-4-7(9)12/h2-4H,5,13H2,1H3. The molecule has 0 saturated heterocycles. The molecule has 0 fully saturated rings. The highest BCUT2D eigenvalue weighted by Crippen LogP contribution is 2.33. The van der Waals surface area contributed by atoms with E-state index in [1.165, 1.54) is 0 Å². The van der Waals surface area contributed by atoms with E-state index < -0.39 is 0 Å². The lowest BCUT2D eigenvalue weighted by Gasteiger charge is -2.06. The highest BCUT2D eigenvalue weighted by molar-refractivity contribution is 6.38. The lowest BCUT2D eigenvalue weighted by Crippen LogP contribution is -2.05. The van der Waals surface area contributed by atoms with Crippen LogP contribution in [0, 0.1) is 0 Å². The summed E-state index contributed by atoms with van der Waals surface area (Å²) in [7, 11) is 1.83. The molecule has 16 heavy (non-hydrogen) atoms. The van der Waals surface area contributed by atoms with Gasteiger partial charge in [-0.15, -0.1) is 10.2 Å². The van der Waals surface area contributed by atoms with Gasteiger partial charge in [-0.2, -0.15) is 0 Å². The number of rotatable bonds is 2. The molecule has 2 rings (SSSR count). The number of nitrogens with two attached hydrogens (primary N) is 1. The fraction of sp³-hybridized carbons (Fsp3) is 0.200. The molecule has 0 unspecified atom stereocenters. The normalized spacial score (nSPS) is 10.8. The van der Waals surface area contributed by atoms with Gasteiger partial charge in [0.25, 0.3) is 0 Å². The van der Waals surface area contributed by atoms with Crippen LogP contribution >= 0.6 is 23.2 Å². The minimum atomic E-state index is 0.325. The third-order valence-corrected chi connectivity index (χ3v) is 2.96. The van der Waals surface area contributed by atoms with Crippen molar-refractivity contribution in [2.75, 3.05) is 0 Å². The van der Waals surface area contributed by atoms with E-state index in [0.29, 0.717) is 33.8 Å². The van der Waals surface area contributed by atoms with Crippen LogP contribution in [-0.2, 0) is 13.6 Å². The van der Waals surface area contributed by atoms with Gasteiger partial charge >= 0.3 is 0 Å². The van der Waals surface area contributed by atoms with Gasteiger partial charge in [0.2, 0.25) is 0 Å². The monoisotopic (exact) mass is 256 g/mol. The van der Waals surface area contributed by atoms with E-state index in [1.54, 1.807) is 22.8 Å². The van der Waals surface area contributed by atoms with E-state index in [1.807, 2.05) is 7.05 Å². The first-order valence-corrected chi connectivity index (χ1v) is 5.43. The molecular weight excluding hydrogens is 247 g/mol. The van der Waals surface area contributed by atoms with Crippen LogP contribution in [0.5, 0.6) is 0 Å². The Labute approximate surface area is 103 Å². The molecule has 0 amide bonds.